The lowest BCUT2D eigenvalue weighted by Gasteiger charge is -2.24. The standard InChI is InChI=1S/C18H25N3O3/c22-18(16-6-1-2-7-16)20-10-4-9-19(11-12-20)14-15-5-3-8-17(13-15)21(23)24/h3,5,8,13,16H,1-2,4,6-7,9-12,14H2. The predicted molar refractivity (Wildman–Crippen MR) is 91.5 cm³/mol. The number of hydrogen-bond acceptors (Lipinski definition) is 4. The molecule has 1 aromatic carbocycles. The van der Waals surface area contributed by atoms with E-state index in [2.05, 4.69) is 4.90 Å². The molecule has 3 rings (SSSR count). The number of carbonyl (C=O) groups is 1. The van der Waals surface area contributed by atoms with Crippen molar-refractivity contribution in [2.75, 3.05) is 26.2 Å². The van der Waals surface area contributed by atoms with Crippen molar-refractivity contribution in [2.24, 2.45) is 5.92 Å². The molecule has 6 nitrogen and oxygen atoms in total. The zero-order valence-electron chi connectivity index (χ0n) is 14.0. The van der Waals surface area contributed by atoms with E-state index in [-0.39, 0.29) is 16.5 Å². The number of non-ortho nitro benzene ring substituents is 1. The van der Waals surface area contributed by atoms with E-state index in [1.807, 2.05) is 11.0 Å². The number of nitrogens with zero attached hydrogens (tertiary/aromatic N) is 3. The van der Waals surface area contributed by atoms with Gasteiger partial charge in [-0.25, -0.2) is 0 Å². The van der Waals surface area contributed by atoms with Gasteiger partial charge in [0.15, 0.2) is 0 Å². The topological polar surface area (TPSA) is 66.7 Å². The zero-order valence-corrected chi connectivity index (χ0v) is 14.0. The molecule has 1 saturated carbocycles. The first-order valence-corrected chi connectivity index (χ1v) is 8.88. The summed E-state index contributed by atoms with van der Waals surface area (Å²) in [7, 11) is 0. The molecule has 0 atom stereocenters. The SMILES string of the molecule is O=C(C1CCCC1)N1CCCN(Cc2cccc([N+](=O)[O-])c2)CC1. The second kappa shape index (κ2) is 7.75. The van der Waals surface area contributed by atoms with Crippen LogP contribution in [0.25, 0.3) is 0 Å². The van der Waals surface area contributed by atoms with Crippen molar-refractivity contribution in [3.63, 3.8) is 0 Å². The highest BCUT2D eigenvalue weighted by Crippen LogP contribution is 2.27. The molecule has 1 aliphatic carbocycles. The summed E-state index contributed by atoms with van der Waals surface area (Å²) >= 11 is 0. The van der Waals surface area contributed by atoms with Gasteiger partial charge in [-0.05, 0) is 24.8 Å². The molecular weight excluding hydrogens is 306 g/mol. The van der Waals surface area contributed by atoms with Crippen LogP contribution in [0.15, 0.2) is 24.3 Å². The van der Waals surface area contributed by atoms with Crippen molar-refractivity contribution >= 4 is 11.6 Å². The fourth-order valence-electron chi connectivity index (χ4n) is 3.81. The first kappa shape index (κ1) is 16.9. The van der Waals surface area contributed by atoms with Gasteiger partial charge in [0.2, 0.25) is 5.91 Å². The Bertz CT molecular complexity index is 599. The highest BCUT2D eigenvalue weighted by molar-refractivity contribution is 5.79. The summed E-state index contributed by atoms with van der Waals surface area (Å²) in [6.07, 6.45) is 5.43. The molecule has 1 aromatic rings. The van der Waals surface area contributed by atoms with Gasteiger partial charge in [0.1, 0.15) is 0 Å². The third-order valence-electron chi connectivity index (χ3n) is 5.13. The molecule has 24 heavy (non-hydrogen) atoms. The Morgan fingerprint density at radius 1 is 1.12 bits per heavy atom. The van der Waals surface area contributed by atoms with E-state index < -0.39 is 0 Å². The molecular formula is C18H25N3O3. The molecule has 130 valence electrons. The van der Waals surface area contributed by atoms with Crippen molar-refractivity contribution in [3.8, 4) is 0 Å². The van der Waals surface area contributed by atoms with Crippen LogP contribution in [0.5, 0.6) is 0 Å². The normalized spacial score (nSPS) is 20.1. The number of rotatable bonds is 4. The summed E-state index contributed by atoms with van der Waals surface area (Å²) in [4.78, 5) is 27.4. The van der Waals surface area contributed by atoms with Gasteiger partial charge in [0.25, 0.3) is 5.69 Å². The Balaban J connectivity index is 1.56. The van der Waals surface area contributed by atoms with Crippen molar-refractivity contribution in [2.45, 2.75) is 38.6 Å². The van der Waals surface area contributed by atoms with E-state index >= 15 is 0 Å². The van der Waals surface area contributed by atoms with Gasteiger partial charge in [-0.2, -0.15) is 0 Å². The van der Waals surface area contributed by atoms with Gasteiger partial charge in [-0.3, -0.25) is 19.8 Å². The van der Waals surface area contributed by atoms with Gasteiger partial charge >= 0.3 is 0 Å². The Hall–Kier alpha value is -1.95. The Labute approximate surface area is 142 Å². The second-order valence-electron chi connectivity index (χ2n) is 6.86. The largest absolute Gasteiger partial charge is 0.341 e. The minimum Gasteiger partial charge on any atom is -0.341 e. The minimum atomic E-state index is -0.353. The van der Waals surface area contributed by atoms with Gasteiger partial charge in [0.05, 0.1) is 4.92 Å². The molecule has 0 aromatic heterocycles. The molecule has 1 heterocycles. The third kappa shape index (κ3) is 4.12. The first-order chi connectivity index (χ1) is 11.6. The molecule has 1 saturated heterocycles. The van der Waals surface area contributed by atoms with Crippen LogP contribution >= 0.6 is 0 Å². The Morgan fingerprint density at radius 2 is 1.92 bits per heavy atom. The van der Waals surface area contributed by atoms with Gasteiger partial charge in [-0.1, -0.05) is 25.0 Å². The average Bonchev–Trinajstić information content (AvgIpc) is 3.02. The highest BCUT2D eigenvalue weighted by atomic mass is 16.6. The molecule has 2 aliphatic rings. The molecule has 1 amide bonds. The zero-order chi connectivity index (χ0) is 16.9. The molecule has 2 fully saturated rings. The van der Waals surface area contributed by atoms with E-state index in [0.29, 0.717) is 12.5 Å². The number of nitro benzene ring substituents is 1. The maximum absolute atomic E-state index is 12.6. The summed E-state index contributed by atoms with van der Waals surface area (Å²) in [6, 6.07) is 6.83. The second-order valence-corrected chi connectivity index (χ2v) is 6.86. The quantitative estimate of drug-likeness (QED) is 0.628. The van der Waals surface area contributed by atoms with E-state index in [1.165, 1.54) is 18.9 Å². The van der Waals surface area contributed by atoms with Crippen LogP contribution in [0.4, 0.5) is 5.69 Å². The summed E-state index contributed by atoms with van der Waals surface area (Å²) in [6.45, 7) is 4.07. The third-order valence-corrected chi connectivity index (χ3v) is 5.13. The smallest absolute Gasteiger partial charge is 0.269 e. The van der Waals surface area contributed by atoms with Crippen LogP contribution in [0.3, 0.4) is 0 Å². The molecule has 6 heteroatoms. The van der Waals surface area contributed by atoms with Crippen LogP contribution < -0.4 is 0 Å². The number of amides is 1. The monoisotopic (exact) mass is 331 g/mol. The maximum Gasteiger partial charge on any atom is 0.269 e. The van der Waals surface area contributed by atoms with Gasteiger partial charge < -0.3 is 4.90 Å². The summed E-state index contributed by atoms with van der Waals surface area (Å²) in [5.41, 5.74) is 1.10. The molecule has 1 aliphatic heterocycles. The van der Waals surface area contributed by atoms with E-state index in [4.69, 9.17) is 0 Å². The van der Waals surface area contributed by atoms with E-state index in [1.54, 1.807) is 12.1 Å². The van der Waals surface area contributed by atoms with Crippen LogP contribution in [0.1, 0.15) is 37.7 Å². The number of hydrogen-bond donors (Lipinski definition) is 0. The number of carbonyl (C=O) groups excluding carboxylic acids is 1. The predicted octanol–water partition coefficient (Wildman–Crippen LogP) is 2.82. The molecule has 0 spiro atoms. The fraction of sp³-hybridized carbons (Fsp3) is 0.611. The van der Waals surface area contributed by atoms with Crippen molar-refractivity contribution in [3.05, 3.63) is 39.9 Å². The lowest BCUT2D eigenvalue weighted by molar-refractivity contribution is -0.384. The minimum absolute atomic E-state index is 0.139. The summed E-state index contributed by atoms with van der Waals surface area (Å²) < 4.78 is 0. The van der Waals surface area contributed by atoms with E-state index in [0.717, 1.165) is 51.0 Å². The fourth-order valence-corrected chi connectivity index (χ4v) is 3.81. The Morgan fingerprint density at radius 3 is 2.67 bits per heavy atom. The highest BCUT2D eigenvalue weighted by Gasteiger charge is 2.28. The van der Waals surface area contributed by atoms with Crippen LogP contribution in [-0.4, -0.2) is 46.8 Å². The molecule has 0 radical (unpaired) electrons. The van der Waals surface area contributed by atoms with E-state index in [9.17, 15) is 14.9 Å². The summed E-state index contributed by atoms with van der Waals surface area (Å²) in [5.74, 6) is 0.582. The van der Waals surface area contributed by atoms with Crippen LogP contribution in [0, 0.1) is 16.0 Å². The van der Waals surface area contributed by atoms with Crippen molar-refractivity contribution in [1.82, 2.24) is 9.80 Å². The van der Waals surface area contributed by atoms with Crippen molar-refractivity contribution in [1.29, 1.82) is 0 Å². The molecule has 0 N–H and O–H groups in total. The summed E-state index contributed by atoms with van der Waals surface area (Å²) in [5, 5.41) is 10.9. The van der Waals surface area contributed by atoms with Gasteiger partial charge in [-0.15, -0.1) is 0 Å². The lowest BCUT2D eigenvalue weighted by atomic mass is 10.1. The number of benzene rings is 1. The molecule has 0 bridgehead atoms. The van der Waals surface area contributed by atoms with Crippen LogP contribution in [-0.2, 0) is 11.3 Å². The average molecular weight is 331 g/mol. The van der Waals surface area contributed by atoms with Crippen molar-refractivity contribution < 1.29 is 9.72 Å². The maximum atomic E-state index is 12.6. The first-order valence-electron chi connectivity index (χ1n) is 8.88. The Kier molecular flexibility index (Phi) is 5.45. The number of nitro groups is 1. The molecule has 0 unspecified atom stereocenters. The lowest BCUT2D eigenvalue weighted by Crippen LogP contribution is -2.38. The van der Waals surface area contributed by atoms with Gasteiger partial charge in [0, 0.05) is 50.8 Å². The van der Waals surface area contributed by atoms with Crippen LogP contribution in [0.2, 0.25) is 0 Å².